The van der Waals surface area contributed by atoms with Crippen molar-refractivity contribution in [1.29, 1.82) is 0 Å². The number of fused-ring (bicyclic) bond motifs is 2. The highest BCUT2D eigenvalue weighted by atomic mass is 32.1. The van der Waals surface area contributed by atoms with E-state index in [0.29, 0.717) is 34.6 Å². The predicted octanol–water partition coefficient (Wildman–Crippen LogP) is 5.21. The highest BCUT2D eigenvalue weighted by Crippen LogP contribution is 2.50. The minimum Gasteiger partial charge on any atom is -0.497 e. The molecule has 37 heavy (non-hydrogen) atoms. The van der Waals surface area contributed by atoms with Gasteiger partial charge in [0, 0.05) is 0 Å². The van der Waals surface area contributed by atoms with Gasteiger partial charge in [0.2, 0.25) is 0 Å². The van der Waals surface area contributed by atoms with Crippen LogP contribution in [-0.2, 0) is 14.3 Å². The van der Waals surface area contributed by atoms with Crippen LogP contribution >= 0.6 is 11.3 Å². The summed E-state index contributed by atoms with van der Waals surface area (Å²) in [6.45, 7) is 2.40. The lowest BCUT2D eigenvalue weighted by molar-refractivity contribution is -0.131. The fourth-order valence-electron chi connectivity index (χ4n) is 5.61. The molecule has 2 aliphatic heterocycles. The first kappa shape index (κ1) is 23.8. The molecule has 6 rings (SSSR count). The fourth-order valence-corrected chi connectivity index (χ4v) is 6.63. The van der Waals surface area contributed by atoms with Crippen molar-refractivity contribution in [2.75, 3.05) is 25.7 Å². The number of carbonyl (C=O) groups excluding carboxylic acids is 2. The Morgan fingerprint density at radius 1 is 1.05 bits per heavy atom. The van der Waals surface area contributed by atoms with Crippen molar-refractivity contribution >= 4 is 38.4 Å². The first-order valence-electron chi connectivity index (χ1n) is 12.6. The maximum atomic E-state index is 13.9. The van der Waals surface area contributed by atoms with Crippen molar-refractivity contribution in [2.24, 2.45) is 5.92 Å². The second-order valence-electron chi connectivity index (χ2n) is 9.41. The molecule has 9 heteroatoms. The van der Waals surface area contributed by atoms with Crippen molar-refractivity contribution in [3.05, 3.63) is 53.3 Å². The smallest absolute Gasteiger partial charge is 0.296 e. The molecule has 1 saturated carbocycles. The summed E-state index contributed by atoms with van der Waals surface area (Å²) >= 11 is 1.38. The lowest BCUT2D eigenvalue weighted by atomic mass is 9.77. The van der Waals surface area contributed by atoms with Crippen molar-refractivity contribution < 1.29 is 28.5 Å². The number of anilines is 1. The Bertz CT molecular complexity index is 1430. The standard InChI is InChI=1S/C28H28N2O6S/c1-4-35-20-12-9-15(13-21(20)34-3)24-23-25(31)17-7-5-6-8-19(17)36-26(23)27(32)30(24)28-29-18-11-10-16(33-2)14-22(18)37-28/h9-14,17,19,24H,4-8H2,1-3H3. The van der Waals surface area contributed by atoms with E-state index in [9.17, 15) is 9.59 Å². The molecular weight excluding hydrogens is 492 g/mol. The number of methoxy groups -OCH3 is 2. The van der Waals surface area contributed by atoms with Gasteiger partial charge >= 0.3 is 0 Å². The summed E-state index contributed by atoms with van der Waals surface area (Å²) in [6.07, 6.45) is 3.28. The summed E-state index contributed by atoms with van der Waals surface area (Å²) in [5.74, 6) is 1.44. The van der Waals surface area contributed by atoms with Crippen LogP contribution in [0, 0.1) is 5.92 Å². The number of hydrogen-bond acceptors (Lipinski definition) is 8. The number of nitrogens with zero attached hydrogens (tertiary/aromatic N) is 2. The van der Waals surface area contributed by atoms with E-state index in [0.717, 1.165) is 41.5 Å². The van der Waals surface area contributed by atoms with Crippen molar-refractivity contribution in [1.82, 2.24) is 4.98 Å². The number of rotatable bonds is 6. The number of hydrogen-bond donors (Lipinski definition) is 0. The molecule has 1 amide bonds. The molecule has 0 N–H and O–H groups in total. The van der Waals surface area contributed by atoms with Gasteiger partial charge in [-0.25, -0.2) is 4.98 Å². The van der Waals surface area contributed by atoms with Crippen LogP contribution in [0.25, 0.3) is 10.2 Å². The number of ether oxygens (including phenoxy) is 4. The summed E-state index contributed by atoms with van der Waals surface area (Å²) in [5.41, 5.74) is 1.90. The molecule has 3 atom stereocenters. The SMILES string of the molecule is CCOc1ccc(C2C3=C(OC4CCCCC4C3=O)C(=O)N2c2nc3ccc(OC)cc3s2)cc1OC. The lowest BCUT2D eigenvalue weighted by Gasteiger charge is -2.35. The maximum absolute atomic E-state index is 13.9. The van der Waals surface area contributed by atoms with Crippen LogP contribution < -0.4 is 19.1 Å². The Kier molecular flexibility index (Phi) is 6.03. The monoisotopic (exact) mass is 520 g/mol. The van der Waals surface area contributed by atoms with Crippen LogP contribution in [0.4, 0.5) is 5.13 Å². The lowest BCUT2D eigenvalue weighted by Crippen LogP contribution is -2.39. The summed E-state index contributed by atoms with van der Waals surface area (Å²) in [7, 11) is 3.19. The van der Waals surface area contributed by atoms with Gasteiger partial charge in [-0.3, -0.25) is 14.5 Å². The number of aromatic nitrogens is 1. The average molecular weight is 521 g/mol. The normalized spacial score (nSPS) is 23.1. The number of carbonyl (C=O) groups is 2. The van der Waals surface area contributed by atoms with Crippen LogP contribution in [0.3, 0.4) is 0 Å². The molecule has 3 heterocycles. The van der Waals surface area contributed by atoms with Gasteiger partial charge in [-0.1, -0.05) is 23.8 Å². The van der Waals surface area contributed by atoms with E-state index in [-0.39, 0.29) is 29.5 Å². The third-order valence-electron chi connectivity index (χ3n) is 7.36. The molecule has 3 aliphatic rings. The molecule has 0 spiro atoms. The van der Waals surface area contributed by atoms with E-state index in [1.165, 1.54) is 11.3 Å². The minimum absolute atomic E-state index is 0.00225. The van der Waals surface area contributed by atoms with Crippen LogP contribution in [0.15, 0.2) is 47.7 Å². The highest BCUT2D eigenvalue weighted by molar-refractivity contribution is 7.22. The number of benzene rings is 2. The zero-order chi connectivity index (χ0) is 25.7. The van der Waals surface area contributed by atoms with Crippen molar-refractivity contribution in [2.45, 2.75) is 44.8 Å². The molecule has 0 bridgehead atoms. The Labute approximate surface area is 218 Å². The summed E-state index contributed by atoms with van der Waals surface area (Å²) in [6, 6.07) is 10.5. The third kappa shape index (κ3) is 3.83. The van der Waals surface area contributed by atoms with Gasteiger partial charge in [-0.2, -0.15) is 0 Å². The van der Waals surface area contributed by atoms with Crippen LogP contribution in [0.5, 0.6) is 17.2 Å². The Morgan fingerprint density at radius 2 is 1.89 bits per heavy atom. The van der Waals surface area contributed by atoms with Crippen LogP contribution in [-0.4, -0.2) is 43.6 Å². The largest absolute Gasteiger partial charge is 0.497 e. The Hall–Kier alpha value is -3.59. The van der Waals surface area contributed by atoms with E-state index in [1.807, 2.05) is 43.3 Å². The zero-order valence-corrected chi connectivity index (χ0v) is 21.8. The fraction of sp³-hybridized carbons (Fsp3) is 0.393. The van der Waals surface area contributed by atoms with Gasteiger partial charge in [-0.05, 0) is 62.1 Å². The van der Waals surface area contributed by atoms with E-state index in [1.54, 1.807) is 19.1 Å². The highest BCUT2D eigenvalue weighted by Gasteiger charge is 2.53. The minimum atomic E-state index is -0.676. The first-order valence-corrected chi connectivity index (χ1v) is 13.4. The van der Waals surface area contributed by atoms with E-state index >= 15 is 0 Å². The van der Waals surface area contributed by atoms with Gasteiger partial charge in [-0.15, -0.1) is 0 Å². The second kappa shape index (κ2) is 9.37. The number of ketones is 1. The second-order valence-corrected chi connectivity index (χ2v) is 10.4. The number of amides is 1. The van der Waals surface area contributed by atoms with Gasteiger partial charge in [0.1, 0.15) is 11.9 Å². The molecule has 1 aliphatic carbocycles. The quantitative estimate of drug-likeness (QED) is 0.441. The topological polar surface area (TPSA) is 87.2 Å². The molecule has 2 aromatic carbocycles. The molecule has 0 radical (unpaired) electrons. The van der Waals surface area contributed by atoms with Crippen LogP contribution in [0.2, 0.25) is 0 Å². The number of Topliss-reactive ketones (excluding diaryl/α,β-unsaturated/α-hetero) is 1. The Morgan fingerprint density at radius 3 is 2.68 bits per heavy atom. The average Bonchev–Trinajstić information content (AvgIpc) is 3.47. The number of thiazole rings is 1. The van der Waals surface area contributed by atoms with Crippen LogP contribution in [0.1, 0.15) is 44.2 Å². The van der Waals surface area contributed by atoms with Gasteiger partial charge < -0.3 is 18.9 Å². The van der Waals surface area contributed by atoms with Gasteiger partial charge in [0.25, 0.3) is 5.91 Å². The summed E-state index contributed by atoms with van der Waals surface area (Å²) < 4.78 is 23.9. The van der Waals surface area contributed by atoms with Gasteiger partial charge in [0.15, 0.2) is 28.2 Å². The molecule has 1 fully saturated rings. The first-order chi connectivity index (χ1) is 18.0. The molecule has 3 unspecified atom stereocenters. The third-order valence-corrected chi connectivity index (χ3v) is 8.37. The Balaban J connectivity index is 1.50. The van der Waals surface area contributed by atoms with E-state index in [4.69, 9.17) is 23.9 Å². The van der Waals surface area contributed by atoms with Crippen molar-refractivity contribution in [3.63, 3.8) is 0 Å². The van der Waals surface area contributed by atoms with Gasteiger partial charge in [0.05, 0.1) is 48.6 Å². The molecule has 0 saturated heterocycles. The van der Waals surface area contributed by atoms with E-state index < -0.39 is 6.04 Å². The summed E-state index contributed by atoms with van der Waals surface area (Å²) in [5, 5.41) is 0.500. The van der Waals surface area contributed by atoms with E-state index in [2.05, 4.69) is 0 Å². The predicted molar refractivity (Wildman–Crippen MR) is 139 cm³/mol. The molecular formula is C28H28N2O6S. The zero-order valence-electron chi connectivity index (χ0n) is 21.0. The van der Waals surface area contributed by atoms with Crippen molar-refractivity contribution in [3.8, 4) is 17.2 Å². The molecule has 192 valence electrons. The molecule has 8 nitrogen and oxygen atoms in total. The molecule has 3 aromatic rings. The summed E-state index contributed by atoms with van der Waals surface area (Å²) in [4.78, 5) is 34.2. The molecule has 1 aromatic heterocycles. The maximum Gasteiger partial charge on any atom is 0.296 e.